The van der Waals surface area contributed by atoms with Crippen molar-refractivity contribution in [3.05, 3.63) is 29.8 Å². The molecule has 120 valence electrons. The highest BCUT2D eigenvalue weighted by atomic mass is 32.1. The van der Waals surface area contributed by atoms with Crippen molar-refractivity contribution in [3.8, 4) is 0 Å². The van der Waals surface area contributed by atoms with Crippen molar-refractivity contribution in [2.45, 2.75) is 20.8 Å². The van der Waals surface area contributed by atoms with Gasteiger partial charge in [0.15, 0.2) is 9.96 Å². The van der Waals surface area contributed by atoms with Gasteiger partial charge in [0.25, 0.3) is 0 Å². The molecule has 4 heterocycles. The first-order valence-electron chi connectivity index (χ1n) is 7.05. The molecular weight excluding hydrogens is 330 g/mol. The van der Waals surface area contributed by atoms with E-state index < -0.39 is 0 Å². The van der Waals surface area contributed by atoms with E-state index >= 15 is 0 Å². The smallest absolute Gasteiger partial charge is 0.185 e. The van der Waals surface area contributed by atoms with Crippen LogP contribution in [-0.2, 0) is 0 Å². The van der Waals surface area contributed by atoms with Crippen molar-refractivity contribution in [2.24, 2.45) is 0 Å². The first-order chi connectivity index (χ1) is 11.3. The van der Waals surface area contributed by atoms with Crippen molar-refractivity contribution >= 4 is 48.5 Å². The van der Waals surface area contributed by atoms with Gasteiger partial charge in [-0.05, 0) is 13.0 Å². The molecule has 23 heavy (non-hydrogen) atoms. The lowest BCUT2D eigenvalue weighted by molar-refractivity contribution is 1.08. The molecule has 0 radical (unpaired) electrons. The summed E-state index contributed by atoms with van der Waals surface area (Å²) in [4.78, 5) is 18.2. The molecule has 0 aromatic carbocycles. The maximum absolute atomic E-state index is 4.23. The second-order valence-corrected chi connectivity index (χ2v) is 6.10. The number of aryl methyl sites for hydroxylation is 1. The Bertz CT molecular complexity index is 805. The summed E-state index contributed by atoms with van der Waals surface area (Å²) in [5, 5.41) is 12.5. The van der Waals surface area contributed by atoms with Gasteiger partial charge in [0, 0.05) is 7.05 Å². The molecule has 0 saturated carbocycles. The third-order valence-electron chi connectivity index (χ3n) is 2.48. The van der Waals surface area contributed by atoms with E-state index in [1.54, 1.807) is 23.7 Å². The molecule has 4 aromatic rings. The maximum Gasteiger partial charge on any atom is 0.185 e. The Balaban J connectivity index is 0.000000152. The van der Waals surface area contributed by atoms with Crippen LogP contribution in [-0.4, -0.2) is 37.2 Å². The zero-order valence-corrected chi connectivity index (χ0v) is 14.9. The lowest BCUT2D eigenvalue weighted by Gasteiger charge is -1.84. The highest BCUT2D eigenvalue weighted by molar-refractivity contribution is 7.21. The Labute approximate surface area is 141 Å². The average Bonchev–Trinajstić information content (AvgIpc) is 3.18. The molecule has 0 amide bonds. The van der Waals surface area contributed by atoms with Crippen LogP contribution in [0.4, 0.5) is 5.13 Å². The van der Waals surface area contributed by atoms with Crippen LogP contribution in [0.25, 0.3) is 20.7 Å². The third kappa shape index (κ3) is 4.36. The van der Waals surface area contributed by atoms with Crippen LogP contribution in [0.3, 0.4) is 0 Å². The van der Waals surface area contributed by atoms with Gasteiger partial charge in [0.2, 0.25) is 0 Å². The Morgan fingerprint density at radius 3 is 2.57 bits per heavy atom. The van der Waals surface area contributed by atoms with Crippen LogP contribution < -0.4 is 5.32 Å². The average molecular weight is 347 g/mol. The fraction of sp³-hybridized carbons (Fsp3) is 0.286. The lowest BCUT2D eigenvalue weighted by atomic mass is 10.5. The van der Waals surface area contributed by atoms with E-state index in [0.717, 1.165) is 30.8 Å². The van der Waals surface area contributed by atoms with Gasteiger partial charge in [0.05, 0.1) is 17.4 Å². The molecule has 0 aliphatic heterocycles. The van der Waals surface area contributed by atoms with E-state index in [0.29, 0.717) is 0 Å². The Morgan fingerprint density at radius 2 is 1.87 bits per heavy atom. The number of aromatic nitrogens is 6. The number of hydrogen-bond donors (Lipinski definition) is 1. The minimum Gasteiger partial charge on any atom is -0.365 e. The molecule has 0 aliphatic carbocycles. The van der Waals surface area contributed by atoms with Gasteiger partial charge in [-0.1, -0.05) is 36.5 Å². The summed E-state index contributed by atoms with van der Waals surface area (Å²) in [6.45, 7) is 5.96. The predicted octanol–water partition coefficient (Wildman–Crippen LogP) is 3.55. The van der Waals surface area contributed by atoms with E-state index in [9.17, 15) is 0 Å². The first-order valence-corrected chi connectivity index (χ1v) is 8.68. The summed E-state index contributed by atoms with van der Waals surface area (Å²) in [5.41, 5.74) is 1.79. The molecule has 4 rings (SSSR count). The van der Waals surface area contributed by atoms with E-state index in [-0.39, 0.29) is 0 Å². The first kappa shape index (κ1) is 17.1. The van der Waals surface area contributed by atoms with Gasteiger partial charge >= 0.3 is 0 Å². The molecule has 4 aromatic heterocycles. The van der Waals surface area contributed by atoms with Gasteiger partial charge in [-0.15, -0.1) is 5.10 Å². The minimum absolute atomic E-state index is 0.849. The van der Waals surface area contributed by atoms with Crippen LogP contribution in [0, 0.1) is 6.92 Å². The summed E-state index contributed by atoms with van der Waals surface area (Å²) in [7, 11) is 1.84. The number of anilines is 1. The SMILES string of the molecule is CC.CNc1nc2cncnc2s1.Cc1nc2ccnnc2s1. The van der Waals surface area contributed by atoms with Crippen molar-refractivity contribution in [2.75, 3.05) is 12.4 Å². The maximum atomic E-state index is 4.23. The summed E-state index contributed by atoms with van der Waals surface area (Å²) >= 11 is 3.09. The van der Waals surface area contributed by atoms with Gasteiger partial charge < -0.3 is 5.32 Å². The van der Waals surface area contributed by atoms with E-state index in [1.807, 2.05) is 33.9 Å². The fourth-order valence-electron chi connectivity index (χ4n) is 1.60. The van der Waals surface area contributed by atoms with Crippen LogP contribution in [0.15, 0.2) is 24.8 Å². The molecule has 1 N–H and O–H groups in total. The summed E-state index contributed by atoms with van der Waals surface area (Å²) in [5.74, 6) is 0. The van der Waals surface area contributed by atoms with E-state index in [1.165, 1.54) is 17.7 Å². The second kappa shape index (κ2) is 8.39. The van der Waals surface area contributed by atoms with Crippen LogP contribution >= 0.6 is 22.7 Å². The fourth-order valence-corrected chi connectivity index (χ4v) is 3.06. The Morgan fingerprint density at radius 1 is 1.04 bits per heavy atom. The van der Waals surface area contributed by atoms with Gasteiger partial charge in [-0.2, -0.15) is 5.10 Å². The third-order valence-corrected chi connectivity index (χ3v) is 4.34. The van der Waals surface area contributed by atoms with Crippen LogP contribution in [0.1, 0.15) is 18.9 Å². The van der Waals surface area contributed by atoms with E-state index in [4.69, 9.17) is 0 Å². The van der Waals surface area contributed by atoms with Gasteiger partial charge in [-0.25, -0.2) is 19.9 Å². The van der Waals surface area contributed by atoms with Crippen molar-refractivity contribution < 1.29 is 0 Å². The summed E-state index contributed by atoms with van der Waals surface area (Å²) in [6.07, 6.45) is 4.89. The molecule has 0 fully saturated rings. The molecular formula is C14H17N7S2. The number of rotatable bonds is 1. The summed E-state index contributed by atoms with van der Waals surface area (Å²) < 4.78 is 0. The molecule has 0 atom stereocenters. The molecule has 0 aliphatic rings. The van der Waals surface area contributed by atoms with Crippen LogP contribution in [0.2, 0.25) is 0 Å². The Kier molecular flexibility index (Phi) is 6.24. The molecule has 0 spiro atoms. The van der Waals surface area contributed by atoms with Crippen molar-refractivity contribution in [1.82, 2.24) is 30.1 Å². The van der Waals surface area contributed by atoms with Gasteiger partial charge in [0.1, 0.15) is 22.2 Å². The molecule has 9 heteroatoms. The molecule has 0 bridgehead atoms. The predicted molar refractivity (Wildman–Crippen MR) is 96.1 cm³/mol. The molecule has 7 nitrogen and oxygen atoms in total. The monoisotopic (exact) mass is 347 g/mol. The number of fused-ring (bicyclic) bond motifs is 2. The molecule has 0 saturated heterocycles. The van der Waals surface area contributed by atoms with Gasteiger partial charge in [-0.3, -0.25) is 0 Å². The van der Waals surface area contributed by atoms with Crippen molar-refractivity contribution in [3.63, 3.8) is 0 Å². The lowest BCUT2D eigenvalue weighted by Crippen LogP contribution is -1.84. The highest BCUT2D eigenvalue weighted by Crippen LogP contribution is 2.21. The highest BCUT2D eigenvalue weighted by Gasteiger charge is 2.01. The number of hydrogen-bond acceptors (Lipinski definition) is 9. The van der Waals surface area contributed by atoms with Crippen LogP contribution in [0.5, 0.6) is 0 Å². The standard InChI is InChI=1S/C6H6N4S.C6H5N3S.C2H6/c1-7-6-10-4-2-8-3-9-5(4)11-6;1-4-8-5-2-3-7-9-6(5)10-4;1-2/h2-3H,1H3,(H,7,10);2-3H,1H3;1-2H3. The zero-order valence-electron chi connectivity index (χ0n) is 13.3. The topological polar surface area (TPSA) is 89.4 Å². The largest absolute Gasteiger partial charge is 0.365 e. The number of thiazole rings is 2. The number of nitrogens with zero attached hydrogens (tertiary/aromatic N) is 6. The summed E-state index contributed by atoms with van der Waals surface area (Å²) in [6, 6.07) is 1.87. The normalized spacial score (nSPS) is 9.74. The second-order valence-electron chi connectivity index (χ2n) is 3.94. The Hall–Kier alpha value is -2.26. The van der Waals surface area contributed by atoms with Crippen molar-refractivity contribution in [1.29, 1.82) is 0 Å². The quantitative estimate of drug-likeness (QED) is 0.563. The number of nitrogens with one attached hydrogen (secondary N) is 1. The molecule has 0 unspecified atom stereocenters. The minimum atomic E-state index is 0.849. The zero-order chi connectivity index (χ0) is 16.7. The van der Waals surface area contributed by atoms with E-state index in [2.05, 4.69) is 35.5 Å².